The number of amides is 1. The molecule has 0 radical (unpaired) electrons. The number of anilines is 1. The molecular weight excluding hydrogens is 478 g/mol. The van der Waals surface area contributed by atoms with Gasteiger partial charge in [0.15, 0.2) is 26.9 Å². The number of hydrogen-bond donors (Lipinski definition) is 1. The first-order valence-electron chi connectivity index (χ1n) is 11.6. The van der Waals surface area contributed by atoms with Crippen molar-refractivity contribution >= 4 is 32.9 Å². The molecule has 1 fully saturated rings. The largest absolute Gasteiger partial charge is 0.309 e. The number of aromatic nitrogens is 6. The molecule has 1 aliphatic carbocycles. The van der Waals surface area contributed by atoms with Crippen LogP contribution in [0.4, 0.5) is 5.82 Å². The van der Waals surface area contributed by atoms with Crippen LogP contribution in [0.3, 0.4) is 0 Å². The van der Waals surface area contributed by atoms with Gasteiger partial charge in [-0.25, -0.2) is 17.9 Å². The molecule has 4 heterocycles. The van der Waals surface area contributed by atoms with E-state index in [1.54, 1.807) is 35.0 Å². The van der Waals surface area contributed by atoms with Crippen LogP contribution in [0.25, 0.3) is 22.4 Å². The van der Waals surface area contributed by atoms with Gasteiger partial charge < -0.3 is 5.32 Å². The Morgan fingerprint density at radius 1 is 0.972 bits per heavy atom. The average Bonchev–Trinajstić information content (AvgIpc) is 3.51. The minimum atomic E-state index is -3.26. The molecule has 36 heavy (non-hydrogen) atoms. The molecular formula is C25H23N7O3S. The topological polar surface area (TPSA) is 124 Å². The van der Waals surface area contributed by atoms with Crippen LogP contribution in [-0.4, -0.2) is 49.8 Å². The fourth-order valence-electron chi connectivity index (χ4n) is 4.16. The van der Waals surface area contributed by atoms with E-state index in [1.807, 2.05) is 41.8 Å². The number of rotatable bonds is 6. The standard InChI is InChI=1S/C25H23N7O3S/c1-15(20-10-12-22-26-21(14-32(22)30-20)27-25(33)17-3-4-17)24-29-28-23-11-7-18(13-31(23)24)16-5-8-19(9-6-16)36(2,34)35/h5-15,17H,3-4H2,1-2H3,(H,27,33). The van der Waals surface area contributed by atoms with Crippen molar-refractivity contribution < 1.29 is 13.2 Å². The molecule has 1 saturated carbocycles. The maximum absolute atomic E-state index is 12.1. The molecule has 5 aromatic rings. The minimum absolute atomic E-state index is 0.00342. The third-order valence-electron chi connectivity index (χ3n) is 6.42. The number of hydrogen-bond acceptors (Lipinski definition) is 7. The van der Waals surface area contributed by atoms with Crippen LogP contribution in [0.2, 0.25) is 0 Å². The van der Waals surface area contributed by atoms with Crippen LogP contribution < -0.4 is 5.32 Å². The minimum Gasteiger partial charge on any atom is -0.309 e. The van der Waals surface area contributed by atoms with Gasteiger partial charge in [-0.05, 0) is 67.3 Å². The van der Waals surface area contributed by atoms with Crippen LogP contribution in [-0.2, 0) is 14.6 Å². The van der Waals surface area contributed by atoms with Gasteiger partial charge in [0.05, 0.1) is 22.7 Å². The molecule has 1 aliphatic rings. The fraction of sp³-hybridized carbons (Fsp3) is 0.240. The summed E-state index contributed by atoms with van der Waals surface area (Å²) in [5, 5.41) is 16.3. The second kappa shape index (κ2) is 8.23. The number of fused-ring (bicyclic) bond motifs is 2. The van der Waals surface area contributed by atoms with E-state index in [0.717, 1.165) is 29.7 Å². The van der Waals surface area contributed by atoms with Gasteiger partial charge in [0.2, 0.25) is 5.91 Å². The molecule has 6 rings (SSSR count). The zero-order valence-corrected chi connectivity index (χ0v) is 20.5. The van der Waals surface area contributed by atoms with E-state index in [1.165, 1.54) is 6.26 Å². The summed E-state index contributed by atoms with van der Waals surface area (Å²) in [6, 6.07) is 14.4. The molecule has 1 unspecified atom stereocenters. The van der Waals surface area contributed by atoms with Gasteiger partial charge in [-0.2, -0.15) is 5.10 Å². The van der Waals surface area contributed by atoms with Crippen molar-refractivity contribution in [1.29, 1.82) is 0 Å². The monoisotopic (exact) mass is 501 g/mol. The second-order valence-corrected chi connectivity index (χ2v) is 11.2. The Bertz CT molecular complexity index is 1730. The summed E-state index contributed by atoms with van der Waals surface area (Å²) in [6.45, 7) is 2.00. The van der Waals surface area contributed by atoms with Crippen molar-refractivity contribution in [3.05, 3.63) is 72.4 Å². The zero-order chi connectivity index (χ0) is 25.0. The number of carbonyl (C=O) groups excluding carboxylic acids is 1. The zero-order valence-electron chi connectivity index (χ0n) is 19.7. The SMILES string of the molecule is CC(c1ccc2nc(NC(=O)C3CC3)cn2n1)c1nnc2ccc(-c3ccc(S(C)(=O)=O)cc3)cn12. The Balaban J connectivity index is 1.31. The van der Waals surface area contributed by atoms with Crippen LogP contribution >= 0.6 is 0 Å². The molecule has 1 aromatic carbocycles. The van der Waals surface area contributed by atoms with Crippen molar-refractivity contribution in [2.24, 2.45) is 5.92 Å². The molecule has 1 atom stereocenters. The highest BCUT2D eigenvalue weighted by molar-refractivity contribution is 7.90. The molecule has 0 saturated heterocycles. The highest BCUT2D eigenvalue weighted by Gasteiger charge is 2.30. The average molecular weight is 502 g/mol. The lowest BCUT2D eigenvalue weighted by molar-refractivity contribution is -0.117. The van der Waals surface area contributed by atoms with E-state index in [9.17, 15) is 13.2 Å². The number of nitrogens with zero attached hydrogens (tertiary/aromatic N) is 6. The number of nitrogens with one attached hydrogen (secondary N) is 1. The Kier molecular flexibility index (Phi) is 5.11. The van der Waals surface area contributed by atoms with Crippen molar-refractivity contribution in [3.8, 4) is 11.1 Å². The quantitative estimate of drug-likeness (QED) is 0.378. The number of imidazole rings is 1. The van der Waals surface area contributed by atoms with Crippen molar-refractivity contribution in [2.75, 3.05) is 11.6 Å². The lowest BCUT2D eigenvalue weighted by Crippen LogP contribution is -2.13. The molecule has 0 spiro atoms. The highest BCUT2D eigenvalue weighted by Crippen LogP contribution is 2.30. The van der Waals surface area contributed by atoms with Crippen molar-refractivity contribution in [3.63, 3.8) is 0 Å². The van der Waals surface area contributed by atoms with Crippen LogP contribution in [0.15, 0.2) is 65.8 Å². The van der Waals surface area contributed by atoms with E-state index in [-0.39, 0.29) is 22.6 Å². The fourth-order valence-corrected chi connectivity index (χ4v) is 4.79. The van der Waals surface area contributed by atoms with Crippen molar-refractivity contribution in [1.82, 2.24) is 29.2 Å². The van der Waals surface area contributed by atoms with Crippen LogP contribution in [0, 0.1) is 5.92 Å². The number of carbonyl (C=O) groups is 1. The molecule has 10 nitrogen and oxygen atoms in total. The first kappa shape index (κ1) is 22.4. The third-order valence-corrected chi connectivity index (χ3v) is 7.54. The van der Waals surface area contributed by atoms with Gasteiger partial charge in [-0.3, -0.25) is 9.20 Å². The smallest absolute Gasteiger partial charge is 0.228 e. The van der Waals surface area contributed by atoms with Crippen LogP contribution in [0.1, 0.15) is 37.2 Å². The van der Waals surface area contributed by atoms with Gasteiger partial charge in [0.1, 0.15) is 5.82 Å². The lowest BCUT2D eigenvalue weighted by Gasteiger charge is -2.11. The lowest BCUT2D eigenvalue weighted by atomic mass is 10.1. The molecule has 182 valence electrons. The molecule has 1 N–H and O–H groups in total. The molecule has 1 amide bonds. The summed E-state index contributed by atoms with van der Waals surface area (Å²) in [4.78, 5) is 16.8. The summed E-state index contributed by atoms with van der Waals surface area (Å²) in [5.74, 6) is 1.13. The van der Waals surface area contributed by atoms with Gasteiger partial charge in [-0.1, -0.05) is 12.1 Å². The third kappa shape index (κ3) is 4.11. The normalized spacial score (nSPS) is 14.8. The van der Waals surface area contributed by atoms with Gasteiger partial charge in [0.25, 0.3) is 0 Å². The number of benzene rings is 1. The predicted octanol–water partition coefficient (Wildman–Crippen LogP) is 3.34. The Morgan fingerprint density at radius 2 is 1.69 bits per heavy atom. The maximum atomic E-state index is 12.1. The predicted molar refractivity (Wildman–Crippen MR) is 133 cm³/mol. The number of sulfone groups is 1. The summed E-state index contributed by atoms with van der Waals surface area (Å²) in [7, 11) is -3.26. The second-order valence-electron chi connectivity index (χ2n) is 9.17. The van der Waals surface area contributed by atoms with Gasteiger partial charge in [-0.15, -0.1) is 10.2 Å². The first-order chi connectivity index (χ1) is 17.3. The Morgan fingerprint density at radius 3 is 2.42 bits per heavy atom. The van der Waals surface area contributed by atoms with Crippen molar-refractivity contribution in [2.45, 2.75) is 30.6 Å². The highest BCUT2D eigenvalue weighted by atomic mass is 32.2. The maximum Gasteiger partial charge on any atom is 0.228 e. The molecule has 0 aliphatic heterocycles. The van der Waals surface area contributed by atoms with Crippen LogP contribution in [0.5, 0.6) is 0 Å². The van der Waals surface area contributed by atoms with E-state index < -0.39 is 9.84 Å². The van der Waals surface area contributed by atoms with E-state index in [2.05, 4.69) is 20.5 Å². The Hall–Kier alpha value is -4.12. The molecule has 0 bridgehead atoms. The summed E-state index contributed by atoms with van der Waals surface area (Å²) < 4.78 is 27.1. The van der Waals surface area contributed by atoms with Gasteiger partial charge in [0, 0.05) is 18.4 Å². The summed E-state index contributed by atoms with van der Waals surface area (Å²) in [6.07, 6.45) is 6.71. The van der Waals surface area contributed by atoms with E-state index >= 15 is 0 Å². The van der Waals surface area contributed by atoms with Gasteiger partial charge >= 0.3 is 0 Å². The Labute approximate surface area is 206 Å². The summed E-state index contributed by atoms with van der Waals surface area (Å²) >= 11 is 0. The van der Waals surface area contributed by atoms with E-state index in [0.29, 0.717) is 22.9 Å². The molecule has 4 aromatic heterocycles. The first-order valence-corrected chi connectivity index (χ1v) is 13.5. The molecule has 11 heteroatoms. The number of pyridine rings is 1. The van der Waals surface area contributed by atoms with E-state index in [4.69, 9.17) is 5.10 Å². The summed E-state index contributed by atoms with van der Waals surface area (Å²) in [5.41, 5.74) is 3.91.